The Bertz CT molecular complexity index is 198. The van der Waals surface area contributed by atoms with Crippen LogP contribution in [0.4, 0.5) is 0 Å². The highest BCUT2D eigenvalue weighted by molar-refractivity contribution is 4.98. The molecule has 1 aliphatic heterocycles. The standard InChI is InChI=1S/C14H27N/c1-5-13(4)10-15-9-7-6-8-14(11-15)12(2)3/h13-14H,2,5-11H2,1,3-4H3. The summed E-state index contributed by atoms with van der Waals surface area (Å²) < 4.78 is 0. The molecule has 0 saturated carbocycles. The van der Waals surface area contributed by atoms with Crippen molar-refractivity contribution in [2.75, 3.05) is 19.6 Å². The van der Waals surface area contributed by atoms with Crippen molar-refractivity contribution in [3.8, 4) is 0 Å². The second-order valence-electron chi connectivity index (χ2n) is 5.31. The minimum absolute atomic E-state index is 0.747. The molecule has 0 aromatic carbocycles. The smallest absolute Gasteiger partial charge is 0.00469 e. The van der Waals surface area contributed by atoms with Gasteiger partial charge in [-0.25, -0.2) is 0 Å². The maximum Gasteiger partial charge on any atom is 0.00469 e. The van der Waals surface area contributed by atoms with Gasteiger partial charge in [-0.05, 0) is 38.1 Å². The molecule has 0 spiro atoms. The van der Waals surface area contributed by atoms with E-state index in [9.17, 15) is 0 Å². The van der Waals surface area contributed by atoms with Gasteiger partial charge < -0.3 is 4.90 Å². The van der Waals surface area contributed by atoms with Crippen LogP contribution in [0.25, 0.3) is 0 Å². The van der Waals surface area contributed by atoms with E-state index in [2.05, 4.69) is 32.3 Å². The quantitative estimate of drug-likeness (QED) is 0.638. The van der Waals surface area contributed by atoms with E-state index in [1.807, 2.05) is 0 Å². The molecule has 2 atom stereocenters. The Morgan fingerprint density at radius 3 is 2.80 bits per heavy atom. The molecule has 0 radical (unpaired) electrons. The lowest BCUT2D eigenvalue weighted by Gasteiger charge is -2.26. The van der Waals surface area contributed by atoms with Crippen LogP contribution in [-0.2, 0) is 0 Å². The first-order chi connectivity index (χ1) is 7.13. The van der Waals surface area contributed by atoms with E-state index in [1.165, 1.54) is 50.9 Å². The molecule has 0 N–H and O–H groups in total. The van der Waals surface area contributed by atoms with E-state index in [0.717, 1.165) is 11.8 Å². The van der Waals surface area contributed by atoms with Gasteiger partial charge in [0.05, 0.1) is 0 Å². The molecule has 0 aromatic rings. The van der Waals surface area contributed by atoms with E-state index >= 15 is 0 Å². The van der Waals surface area contributed by atoms with Crippen LogP contribution in [0.2, 0.25) is 0 Å². The Balaban J connectivity index is 2.45. The number of hydrogen-bond acceptors (Lipinski definition) is 1. The lowest BCUT2D eigenvalue weighted by Crippen LogP contribution is -2.32. The molecule has 1 heterocycles. The van der Waals surface area contributed by atoms with Crippen molar-refractivity contribution in [1.82, 2.24) is 4.90 Å². The summed E-state index contributed by atoms with van der Waals surface area (Å²) in [4.78, 5) is 2.65. The first kappa shape index (κ1) is 12.8. The lowest BCUT2D eigenvalue weighted by molar-refractivity contribution is 0.225. The number of hydrogen-bond donors (Lipinski definition) is 0. The van der Waals surface area contributed by atoms with E-state index in [1.54, 1.807) is 0 Å². The third kappa shape index (κ3) is 4.38. The molecule has 2 unspecified atom stereocenters. The SMILES string of the molecule is C=C(C)C1CCCCN(CC(C)CC)C1. The molecule has 1 nitrogen and oxygen atoms in total. The molecular formula is C14H27N. The highest BCUT2D eigenvalue weighted by atomic mass is 15.1. The summed E-state index contributed by atoms with van der Waals surface area (Å²) in [6, 6.07) is 0. The normalized spacial score (nSPS) is 25.9. The first-order valence-electron chi connectivity index (χ1n) is 6.51. The number of rotatable bonds is 4. The third-order valence-electron chi connectivity index (χ3n) is 3.72. The van der Waals surface area contributed by atoms with Crippen molar-refractivity contribution in [1.29, 1.82) is 0 Å². The van der Waals surface area contributed by atoms with Crippen molar-refractivity contribution in [3.63, 3.8) is 0 Å². The van der Waals surface area contributed by atoms with Gasteiger partial charge in [0.1, 0.15) is 0 Å². The number of nitrogens with zero attached hydrogens (tertiary/aromatic N) is 1. The summed E-state index contributed by atoms with van der Waals surface area (Å²) in [5, 5.41) is 0. The Hall–Kier alpha value is -0.300. The zero-order chi connectivity index (χ0) is 11.3. The van der Waals surface area contributed by atoms with Crippen LogP contribution in [0.5, 0.6) is 0 Å². The van der Waals surface area contributed by atoms with Crippen LogP contribution in [0.3, 0.4) is 0 Å². The third-order valence-corrected chi connectivity index (χ3v) is 3.72. The molecule has 1 rings (SSSR count). The van der Waals surface area contributed by atoms with Gasteiger partial charge in [-0.2, -0.15) is 0 Å². The van der Waals surface area contributed by atoms with E-state index < -0.39 is 0 Å². The van der Waals surface area contributed by atoms with Gasteiger partial charge in [0.2, 0.25) is 0 Å². The monoisotopic (exact) mass is 209 g/mol. The molecular weight excluding hydrogens is 182 g/mol. The van der Waals surface area contributed by atoms with Crippen LogP contribution in [-0.4, -0.2) is 24.5 Å². The average molecular weight is 209 g/mol. The molecule has 15 heavy (non-hydrogen) atoms. The van der Waals surface area contributed by atoms with Gasteiger partial charge in [-0.15, -0.1) is 0 Å². The first-order valence-corrected chi connectivity index (χ1v) is 6.51. The predicted molar refractivity (Wildman–Crippen MR) is 68.1 cm³/mol. The van der Waals surface area contributed by atoms with Crippen molar-refractivity contribution in [2.45, 2.75) is 46.5 Å². The minimum Gasteiger partial charge on any atom is -0.302 e. The Labute approximate surface area is 95.5 Å². The molecule has 1 saturated heterocycles. The van der Waals surface area contributed by atoms with Gasteiger partial charge in [0.25, 0.3) is 0 Å². The summed E-state index contributed by atoms with van der Waals surface area (Å²) in [6.07, 6.45) is 5.41. The van der Waals surface area contributed by atoms with Gasteiger partial charge in [-0.1, -0.05) is 38.8 Å². The highest BCUT2D eigenvalue weighted by Crippen LogP contribution is 2.22. The van der Waals surface area contributed by atoms with Crippen LogP contribution < -0.4 is 0 Å². The Morgan fingerprint density at radius 2 is 2.20 bits per heavy atom. The van der Waals surface area contributed by atoms with Crippen LogP contribution in [0.1, 0.15) is 46.5 Å². The van der Waals surface area contributed by atoms with Crippen molar-refractivity contribution >= 4 is 0 Å². The van der Waals surface area contributed by atoms with Crippen LogP contribution >= 0.6 is 0 Å². The fourth-order valence-corrected chi connectivity index (χ4v) is 2.36. The molecule has 0 amide bonds. The molecule has 0 aliphatic carbocycles. The van der Waals surface area contributed by atoms with Crippen LogP contribution in [0.15, 0.2) is 12.2 Å². The molecule has 0 bridgehead atoms. The Kier molecular flexibility index (Phi) is 5.38. The Morgan fingerprint density at radius 1 is 1.47 bits per heavy atom. The predicted octanol–water partition coefficient (Wildman–Crippen LogP) is 3.71. The van der Waals surface area contributed by atoms with Crippen molar-refractivity contribution < 1.29 is 0 Å². The van der Waals surface area contributed by atoms with Gasteiger partial charge in [0.15, 0.2) is 0 Å². The summed E-state index contributed by atoms with van der Waals surface area (Å²) >= 11 is 0. The van der Waals surface area contributed by atoms with Crippen LogP contribution in [0, 0.1) is 11.8 Å². The zero-order valence-electron chi connectivity index (χ0n) is 10.8. The molecule has 1 aliphatic rings. The number of likely N-dealkylation sites (tertiary alicyclic amines) is 1. The molecule has 1 heteroatoms. The minimum atomic E-state index is 0.747. The maximum atomic E-state index is 4.13. The summed E-state index contributed by atoms with van der Waals surface area (Å²) in [5.41, 5.74) is 1.38. The van der Waals surface area contributed by atoms with Crippen molar-refractivity contribution in [2.24, 2.45) is 11.8 Å². The van der Waals surface area contributed by atoms with Gasteiger partial charge >= 0.3 is 0 Å². The largest absolute Gasteiger partial charge is 0.302 e. The molecule has 0 aromatic heterocycles. The summed E-state index contributed by atoms with van der Waals surface area (Å²) in [6.45, 7) is 14.8. The maximum absolute atomic E-state index is 4.13. The fourth-order valence-electron chi connectivity index (χ4n) is 2.36. The van der Waals surface area contributed by atoms with E-state index in [-0.39, 0.29) is 0 Å². The zero-order valence-corrected chi connectivity index (χ0v) is 10.8. The van der Waals surface area contributed by atoms with Gasteiger partial charge in [-0.3, -0.25) is 0 Å². The fraction of sp³-hybridized carbons (Fsp3) is 0.857. The second-order valence-corrected chi connectivity index (χ2v) is 5.31. The van der Waals surface area contributed by atoms with Crippen molar-refractivity contribution in [3.05, 3.63) is 12.2 Å². The van der Waals surface area contributed by atoms with E-state index in [4.69, 9.17) is 0 Å². The molecule has 88 valence electrons. The van der Waals surface area contributed by atoms with Gasteiger partial charge in [0, 0.05) is 13.1 Å². The summed E-state index contributed by atoms with van der Waals surface area (Å²) in [7, 11) is 0. The van der Waals surface area contributed by atoms with E-state index in [0.29, 0.717) is 0 Å². The second kappa shape index (κ2) is 6.32. The highest BCUT2D eigenvalue weighted by Gasteiger charge is 2.19. The summed E-state index contributed by atoms with van der Waals surface area (Å²) in [5.74, 6) is 1.59. The topological polar surface area (TPSA) is 3.24 Å². The average Bonchev–Trinajstić information content (AvgIpc) is 2.43. The molecule has 1 fully saturated rings. The lowest BCUT2D eigenvalue weighted by atomic mass is 9.96.